The third kappa shape index (κ3) is 5.74. The van der Waals surface area contributed by atoms with E-state index in [0.717, 1.165) is 104 Å². The third-order valence-electron chi connectivity index (χ3n) is 12.8. The summed E-state index contributed by atoms with van der Waals surface area (Å²) in [5.74, 6) is -6.22. The molecule has 11 rings (SSSR count). The molecular weight excluding hydrogens is 817 g/mol. The van der Waals surface area contributed by atoms with Crippen LogP contribution in [0.3, 0.4) is 0 Å². The monoisotopic (exact) mass is 850 g/mol. The molecule has 0 aliphatic heterocycles. The maximum atomic E-state index is 14.1. The van der Waals surface area contributed by atoms with Crippen molar-refractivity contribution >= 4 is 110 Å². The maximum Gasteiger partial charge on any atom is 0.197 e. The Hall–Kier alpha value is -4.98. The molecule has 0 amide bonds. The molecule has 7 aromatic rings. The number of halogens is 4. The number of allylic oxidation sites excluding steroid dienone is 2. The molecule has 2 fully saturated rings. The van der Waals surface area contributed by atoms with E-state index in [2.05, 4.69) is 9.13 Å². The van der Waals surface area contributed by atoms with Gasteiger partial charge in [0.2, 0.25) is 0 Å². The van der Waals surface area contributed by atoms with E-state index < -0.39 is 46.4 Å². The van der Waals surface area contributed by atoms with Gasteiger partial charge < -0.3 is 9.13 Å². The first-order chi connectivity index (χ1) is 28.5. The number of ketones is 4. The zero-order valence-corrected chi connectivity index (χ0v) is 34.0. The van der Waals surface area contributed by atoms with Crippen LogP contribution in [0.25, 0.3) is 53.0 Å². The topological polar surface area (TPSA) is 78.1 Å². The predicted octanol–water partition coefficient (Wildman–Crippen LogP) is 12.7. The first-order valence-electron chi connectivity index (χ1n) is 20.1. The zero-order valence-electron chi connectivity index (χ0n) is 31.5. The Labute approximate surface area is 346 Å². The highest BCUT2D eigenvalue weighted by Crippen LogP contribution is 2.51. The number of thiophene rings is 3. The summed E-state index contributed by atoms with van der Waals surface area (Å²) in [6.07, 6.45) is 14.8. The second-order valence-electron chi connectivity index (χ2n) is 16.5. The molecule has 5 aromatic heterocycles. The van der Waals surface area contributed by atoms with Crippen LogP contribution in [0.15, 0.2) is 47.5 Å². The van der Waals surface area contributed by atoms with E-state index in [1.807, 2.05) is 12.1 Å². The highest BCUT2D eigenvalue weighted by Gasteiger charge is 2.37. The number of carbonyl (C=O) groups excluding carboxylic acids is 4. The normalized spacial score (nSPS) is 17.9. The summed E-state index contributed by atoms with van der Waals surface area (Å²) in [7, 11) is 0. The molecule has 2 aromatic carbocycles. The minimum atomic E-state index is -1.17. The van der Waals surface area contributed by atoms with E-state index in [9.17, 15) is 36.7 Å². The Balaban J connectivity index is 1.08. The molecule has 0 saturated heterocycles. The summed E-state index contributed by atoms with van der Waals surface area (Å²) in [4.78, 5) is 54.8. The molecule has 5 heterocycles. The van der Waals surface area contributed by atoms with E-state index >= 15 is 0 Å². The van der Waals surface area contributed by atoms with Gasteiger partial charge in [-0.25, -0.2) is 17.6 Å². The second-order valence-corrected chi connectivity index (χ2v) is 19.7. The van der Waals surface area contributed by atoms with Crippen LogP contribution in [-0.2, 0) is 13.1 Å². The Bertz CT molecular complexity index is 2810. The van der Waals surface area contributed by atoms with Gasteiger partial charge in [0.1, 0.15) is 0 Å². The number of nitrogens with zero attached hydrogens (tertiary/aromatic N) is 2. The van der Waals surface area contributed by atoms with Gasteiger partial charge in [0.05, 0.1) is 52.0 Å². The average Bonchev–Trinajstić information content (AvgIpc) is 4.08. The SMILES string of the molecule is O=C1C(=Cc2cc3c(s2)c2sc4c5sc(C=C6C(=O)c7cc(F)c(F)cc7C6=O)cc5n(CC5CCCCC5)c4c2n3CC2CCCCC2)C(=O)c2cc(F)c(F)cc21. The van der Waals surface area contributed by atoms with E-state index in [0.29, 0.717) is 21.6 Å². The fourth-order valence-corrected chi connectivity index (χ4v) is 13.7. The number of carbonyl (C=O) groups is 4. The van der Waals surface area contributed by atoms with E-state index in [1.165, 1.54) is 61.2 Å². The molecule has 0 unspecified atom stereocenters. The minimum absolute atomic E-state index is 0.112. The molecule has 13 heteroatoms. The largest absolute Gasteiger partial charge is 0.337 e. The zero-order chi connectivity index (χ0) is 40.4. The lowest BCUT2D eigenvalue weighted by Crippen LogP contribution is -2.15. The molecule has 0 N–H and O–H groups in total. The molecule has 59 heavy (non-hydrogen) atoms. The summed E-state index contributed by atoms with van der Waals surface area (Å²) < 4.78 is 65.6. The number of Topliss-reactive ketones (excluding diaryl/α,β-unsaturated/α-hetero) is 4. The van der Waals surface area contributed by atoms with Gasteiger partial charge in [0.25, 0.3) is 0 Å². The van der Waals surface area contributed by atoms with Crippen LogP contribution in [0, 0.1) is 35.1 Å². The van der Waals surface area contributed by atoms with E-state index in [-0.39, 0.29) is 33.4 Å². The number of fused-ring (bicyclic) bond motifs is 9. The second kappa shape index (κ2) is 13.8. The van der Waals surface area contributed by atoms with Gasteiger partial charge in [-0.05, 0) is 86.1 Å². The predicted molar refractivity (Wildman–Crippen MR) is 225 cm³/mol. The summed E-state index contributed by atoms with van der Waals surface area (Å²) >= 11 is 4.67. The van der Waals surface area contributed by atoms with Gasteiger partial charge in [0.15, 0.2) is 46.4 Å². The van der Waals surface area contributed by atoms with E-state index in [4.69, 9.17) is 0 Å². The van der Waals surface area contributed by atoms with Gasteiger partial charge in [-0.2, -0.15) is 0 Å². The molecule has 4 aliphatic carbocycles. The summed E-state index contributed by atoms with van der Waals surface area (Å²) in [6.45, 7) is 1.62. The number of hydrogen-bond acceptors (Lipinski definition) is 7. The van der Waals surface area contributed by atoms with Crippen molar-refractivity contribution in [3.8, 4) is 0 Å². The molecule has 6 nitrogen and oxygen atoms in total. The van der Waals surface area contributed by atoms with Crippen molar-refractivity contribution in [3.63, 3.8) is 0 Å². The standard InChI is InChI=1S/C46H34F4N2O4S3/c47-31-15-25-26(16-32(31)48)40(54)29(39(25)53)11-23-13-35-43(57-23)45-37(51(35)19-21-7-3-1-4-8-21)38-46(59-45)44-36(52(38)20-22-9-5-2-6-10-22)14-24(58-44)12-30-41(55)27-17-33(49)34(50)18-28(27)42(30)56/h11-18,21-22H,1-10,19-20H2. The molecule has 298 valence electrons. The smallest absolute Gasteiger partial charge is 0.197 e. The van der Waals surface area contributed by atoms with Crippen LogP contribution < -0.4 is 0 Å². The molecular formula is C46H34F4N2O4S3. The summed E-state index contributed by atoms with van der Waals surface area (Å²) in [5.41, 5.74) is 3.61. The van der Waals surface area contributed by atoms with Crippen molar-refractivity contribution in [1.29, 1.82) is 0 Å². The van der Waals surface area contributed by atoms with Crippen molar-refractivity contribution < 1.29 is 36.7 Å². The Morgan fingerprint density at radius 2 is 0.814 bits per heavy atom. The lowest BCUT2D eigenvalue weighted by Gasteiger charge is -2.24. The first-order valence-corrected chi connectivity index (χ1v) is 22.6. The van der Waals surface area contributed by atoms with Crippen molar-refractivity contribution in [2.24, 2.45) is 11.8 Å². The highest BCUT2D eigenvalue weighted by atomic mass is 32.1. The van der Waals surface area contributed by atoms with Crippen LogP contribution in [0.1, 0.15) is 115 Å². The lowest BCUT2D eigenvalue weighted by molar-refractivity contribution is 0.0975. The first kappa shape index (κ1) is 37.1. The number of aromatic nitrogens is 2. The summed E-state index contributed by atoms with van der Waals surface area (Å²) in [6, 6.07) is 7.27. The molecule has 4 aliphatic rings. The Kier molecular flexibility index (Phi) is 8.66. The molecule has 0 radical (unpaired) electrons. The van der Waals surface area contributed by atoms with Crippen LogP contribution >= 0.6 is 34.0 Å². The number of hydrogen-bond donors (Lipinski definition) is 0. The van der Waals surface area contributed by atoms with E-state index in [1.54, 1.807) is 23.5 Å². The van der Waals surface area contributed by atoms with Crippen molar-refractivity contribution in [2.45, 2.75) is 77.3 Å². The quantitative estimate of drug-likeness (QED) is 0.0948. The van der Waals surface area contributed by atoms with Crippen LogP contribution in [0.5, 0.6) is 0 Å². The van der Waals surface area contributed by atoms with Crippen LogP contribution in [0.4, 0.5) is 17.6 Å². The van der Waals surface area contributed by atoms with Crippen molar-refractivity contribution in [3.05, 3.63) is 103 Å². The lowest BCUT2D eigenvalue weighted by atomic mass is 9.89. The molecule has 0 atom stereocenters. The van der Waals surface area contributed by atoms with Gasteiger partial charge >= 0.3 is 0 Å². The average molecular weight is 851 g/mol. The van der Waals surface area contributed by atoms with Gasteiger partial charge in [-0.15, -0.1) is 34.0 Å². The van der Waals surface area contributed by atoms with Gasteiger partial charge in [-0.3, -0.25) is 19.2 Å². The fourth-order valence-electron chi connectivity index (χ4n) is 9.95. The molecule has 0 spiro atoms. The number of benzene rings is 2. The number of rotatable bonds is 6. The van der Waals surface area contributed by atoms with Crippen LogP contribution in [0.2, 0.25) is 0 Å². The van der Waals surface area contributed by atoms with Crippen molar-refractivity contribution in [2.75, 3.05) is 0 Å². The highest BCUT2D eigenvalue weighted by molar-refractivity contribution is 7.34. The molecule has 2 saturated carbocycles. The molecule has 0 bridgehead atoms. The minimum Gasteiger partial charge on any atom is -0.337 e. The Morgan fingerprint density at radius 1 is 0.475 bits per heavy atom. The fraction of sp³-hybridized carbons (Fsp3) is 0.304. The van der Waals surface area contributed by atoms with Gasteiger partial charge in [-0.1, -0.05) is 38.5 Å². The Morgan fingerprint density at radius 3 is 1.15 bits per heavy atom. The van der Waals surface area contributed by atoms with Gasteiger partial charge in [0, 0.05) is 45.1 Å². The van der Waals surface area contributed by atoms with Crippen LogP contribution in [-0.4, -0.2) is 32.3 Å². The third-order valence-corrected chi connectivity index (χ3v) is 16.5. The maximum absolute atomic E-state index is 14.1. The summed E-state index contributed by atoms with van der Waals surface area (Å²) in [5, 5.41) is 0. The van der Waals surface area contributed by atoms with Crippen molar-refractivity contribution in [1.82, 2.24) is 9.13 Å².